The Kier molecular flexibility index (Phi) is 5.48. The molecular weight excluding hydrogens is 318 g/mol. The number of fused-ring (bicyclic) bond motifs is 1. The van der Waals surface area contributed by atoms with E-state index in [4.69, 9.17) is 4.74 Å². The monoisotopic (exact) mass is 343 g/mol. The molecule has 1 aromatic rings. The minimum atomic E-state index is -0.590. The van der Waals surface area contributed by atoms with Gasteiger partial charge in [0.2, 0.25) is 11.8 Å². The predicted molar refractivity (Wildman–Crippen MR) is 93.3 cm³/mol. The van der Waals surface area contributed by atoms with E-state index < -0.39 is 5.41 Å². The van der Waals surface area contributed by atoms with Gasteiger partial charge in [-0.2, -0.15) is 0 Å². The van der Waals surface area contributed by atoms with Gasteiger partial charge in [-0.1, -0.05) is 6.08 Å². The molecule has 1 aromatic heterocycles. The summed E-state index contributed by atoms with van der Waals surface area (Å²) in [7, 11) is 1.62. The quantitative estimate of drug-likeness (QED) is 0.858. The molecule has 3 rings (SSSR count). The number of carbonyl (C=O) groups excluding carboxylic acids is 2. The van der Waals surface area contributed by atoms with E-state index in [9.17, 15) is 9.59 Å². The van der Waals surface area contributed by atoms with Gasteiger partial charge in [0.15, 0.2) is 0 Å². The molecule has 1 N–H and O–H groups in total. The first-order valence-electron chi connectivity index (χ1n) is 8.84. The molecule has 1 aliphatic heterocycles. The number of hydrogen-bond donors (Lipinski definition) is 1. The lowest BCUT2D eigenvalue weighted by Gasteiger charge is -2.46. The Balaban J connectivity index is 1.78. The van der Waals surface area contributed by atoms with Gasteiger partial charge in [-0.15, -0.1) is 0 Å². The summed E-state index contributed by atoms with van der Waals surface area (Å²) in [6.07, 6.45) is 9.17. The number of methoxy groups -OCH3 is 1. The third kappa shape index (κ3) is 3.58. The summed E-state index contributed by atoms with van der Waals surface area (Å²) in [6.45, 7) is 1.45. The van der Waals surface area contributed by atoms with Crippen LogP contribution in [0, 0.1) is 5.41 Å². The highest BCUT2D eigenvalue weighted by Gasteiger charge is 2.49. The minimum Gasteiger partial charge on any atom is -0.383 e. The summed E-state index contributed by atoms with van der Waals surface area (Å²) < 4.78 is 5.14. The van der Waals surface area contributed by atoms with E-state index >= 15 is 0 Å². The second-order valence-corrected chi connectivity index (χ2v) is 6.64. The van der Waals surface area contributed by atoms with Crippen LogP contribution in [0.5, 0.6) is 0 Å². The topological polar surface area (TPSA) is 71.5 Å². The molecule has 0 radical (unpaired) electrons. The Bertz CT molecular complexity index is 659. The van der Waals surface area contributed by atoms with Gasteiger partial charge >= 0.3 is 0 Å². The standard InChI is InChI=1S/C19H25N3O3/c1-25-13-12-22-16-4-2-3-8-19(16,9-5-17(22)23)18(24)21-14-15-6-10-20-11-7-15/h4,6-7,10-11H,2-3,5,8-9,12-14H2,1H3,(H,21,24). The number of nitrogens with zero attached hydrogens (tertiary/aromatic N) is 2. The Morgan fingerprint density at radius 1 is 1.36 bits per heavy atom. The van der Waals surface area contributed by atoms with Crippen LogP contribution in [0.2, 0.25) is 0 Å². The molecule has 1 unspecified atom stereocenters. The van der Waals surface area contributed by atoms with Gasteiger partial charge in [-0.05, 0) is 43.4 Å². The number of rotatable bonds is 6. The van der Waals surface area contributed by atoms with Crippen LogP contribution >= 0.6 is 0 Å². The van der Waals surface area contributed by atoms with E-state index in [0.717, 1.165) is 30.5 Å². The van der Waals surface area contributed by atoms with Crippen LogP contribution in [0.3, 0.4) is 0 Å². The SMILES string of the molecule is COCCN1C(=O)CCC2(C(=O)NCc3ccncc3)CCCC=C12. The van der Waals surface area contributed by atoms with Crippen molar-refractivity contribution in [3.8, 4) is 0 Å². The van der Waals surface area contributed by atoms with Crippen LogP contribution in [-0.2, 0) is 20.9 Å². The van der Waals surface area contributed by atoms with Crippen molar-refractivity contribution in [3.63, 3.8) is 0 Å². The molecule has 2 aliphatic rings. The van der Waals surface area contributed by atoms with Crippen molar-refractivity contribution in [3.05, 3.63) is 41.9 Å². The van der Waals surface area contributed by atoms with E-state index in [2.05, 4.69) is 16.4 Å². The van der Waals surface area contributed by atoms with Crippen molar-refractivity contribution in [1.82, 2.24) is 15.2 Å². The van der Waals surface area contributed by atoms with E-state index in [1.54, 1.807) is 24.4 Å². The maximum Gasteiger partial charge on any atom is 0.232 e. The maximum atomic E-state index is 13.1. The van der Waals surface area contributed by atoms with Gasteiger partial charge in [0, 0.05) is 44.7 Å². The molecule has 0 bridgehead atoms. The number of carbonyl (C=O) groups is 2. The fourth-order valence-corrected chi connectivity index (χ4v) is 3.80. The number of pyridine rings is 1. The predicted octanol–water partition coefficient (Wildman–Crippen LogP) is 2.02. The van der Waals surface area contributed by atoms with E-state index in [-0.39, 0.29) is 11.8 Å². The molecule has 6 heteroatoms. The zero-order chi connectivity index (χ0) is 17.7. The molecule has 25 heavy (non-hydrogen) atoms. The van der Waals surface area contributed by atoms with E-state index in [1.165, 1.54) is 0 Å². The van der Waals surface area contributed by atoms with Gasteiger partial charge in [0.25, 0.3) is 0 Å². The van der Waals surface area contributed by atoms with Crippen LogP contribution in [0.25, 0.3) is 0 Å². The van der Waals surface area contributed by atoms with Crippen molar-refractivity contribution in [2.24, 2.45) is 5.41 Å². The molecule has 1 atom stereocenters. The third-order valence-corrected chi connectivity index (χ3v) is 5.15. The Morgan fingerprint density at radius 3 is 2.92 bits per heavy atom. The number of aromatic nitrogens is 1. The van der Waals surface area contributed by atoms with Crippen LogP contribution in [0.15, 0.2) is 36.3 Å². The molecule has 6 nitrogen and oxygen atoms in total. The molecule has 134 valence electrons. The van der Waals surface area contributed by atoms with Crippen molar-refractivity contribution < 1.29 is 14.3 Å². The van der Waals surface area contributed by atoms with Gasteiger partial charge < -0.3 is 15.0 Å². The maximum absolute atomic E-state index is 13.1. The molecule has 1 saturated heterocycles. The van der Waals surface area contributed by atoms with Crippen molar-refractivity contribution in [2.75, 3.05) is 20.3 Å². The van der Waals surface area contributed by atoms with Gasteiger partial charge in [0.05, 0.1) is 12.0 Å². The summed E-state index contributed by atoms with van der Waals surface area (Å²) in [5, 5.41) is 3.07. The fourth-order valence-electron chi connectivity index (χ4n) is 3.80. The fraction of sp³-hybridized carbons (Fsp3) is 0.526. The molecule has 0 saturated carbocycles. The molecule has 0 spiro atoms. The molecule has 0 aromatic carbocycles. The summed E-state index contributed by atoms with van der Waals surface area (Å²) in [5.41, 5.74) is 1.30. The first-order chi connectivity index (χ1) is 12.2. The summed E-state index contributed by atoms with van der Waals surface area (Å²) in [5.74, 6) is 0.105. The first-order valence-corrected chi connectivity index (χ1v) is 8.84. The summed E-state index contributed by atoms with van der Waals surface area (Å²) in [4.78, 5) is 31.3. The largest absolute Gasteiger partial charge is 0.383 e. The van der Waals surface area contributed by atoms with Crippen LogP contribution in [0.4, 0.5) is 0 Å². The average molecular weight is 343 g/mol. The van der Waals surface area contributed by atoms with Crippen molar-refractivity contribution >= 4 is 11.8 Å². The average Bonchev–Trinajstić information content (AvgIpc) is 2.66. The normalized spacial score (nSPS) is 23.0. The Hall–Kier alpha value is -2.21. The van der Waals surface area contributed by atoms with Gasteiger partial charge in [-0.25, -0.2) is 0 Å². The van der Waals surface area contributed by atoms with Crippen molar-refractivity contribution in [2.45, 2.75) is 38.6 Å². The number of piperidine rings is 1. The lowest BCUT2D eigenvalue weighted by molar-refractivity contribution is -0.141. The number of likely N-dealkylation sites (tertiary alicyclic amines) is 1. The lowest BCUT2D eigenvalue weighted by atomic mass is 9.69. The van der Waals surface area contributed by atoms with Gasteiger partial charge in [-0.3, -0.25) is 14.6 Å². The Labute approximate surface area is 148 Å². The highest BCUT2D eigenvalue weighted by atomic mass is 16.5. The summed E-state index contributed by atoms with van der Waals surface area (Å²) in [6, 6.07) is 3.79. The highest BCUT2D eigenvalue weighted by molar-refractivity contribution is 5.91. The van der Waals surface area contributed by atoms with Crippen LogP contribution in [-0.4, -0.2) is 42.0 Å². The smallest absolute Gasteiger partial charge is 0.232 e. The van der Waals surface area contributed by atoms with Crippen molar-refractivity contribution in [1.29, 1.82) is 0 Å². The zero-order valence-electron chi connectivity index (χ0n) is 14.7. The number of amides is 2. The lowest BCUT2D eigenvalue weighted by Crippen LogP contribution is -2.53. The molecule has 1 aliphatic carbocycles. The zero-order valence-corrected chi connectivity index (χ0v) is 14.7. The highest BCUT2D eigenvalue weighted by Crippen LogP contribution is 2.46. The first kappa shape index (κ1) is 17.6. The minimum absolute atomic E-state index is 0.0187. The summed E-state index contributed by atoms with van der Waals surface area (Å²) >= 11 is 0. The Morgan fingerprint density at radius 2 is 2.16 bits per heavy atom. The van der Waals surface area contributed by atoms with Crippen LogP contribution < -0.4 is 5.32 Å². The molecule has 2 heterocycles. The second kappa shape index (κ2) is 7.78. The molecule has 2 amide bonds. The van der Waals surface area contributed by atoms with E-state index in [1.807, 2.05) is 12.1 Å². The number of allylic oxidation sites excluding steroid dienone is 1. The van der Waals surface area contributed by atoms with E-state index in [0.29, 0.717) is 32.5 Å². The molecule has 1 fully saturated rings. The number of ether oxygens (including phenoxy) is 1. The second-order valence-electron chi connectivity index (χ2n) is 6.64. The molecular formula is C19H25N3O3. The van der Waals surface area contributed by atoms with Crippen LogP contribution in [0.1, 0.15) is 37.7 Å². The van der Waals surface area contributed by atoms with Gasteiger partial charge in [0.1, 0.15) is 0 Å². The number of hydrogen-bond acceptors (Lipinski definition) is 4. The number of nitrogens with one attached hydrogen (secondary N) is 1. The third-order valence-electron chi connectivity index (χ3n) is 5.15.